The molecule has 1 aliphatic carbocycles. The molecule has 1 aliphatic rings. The highest BCUT2D eigenvalue weighted by Crippen LogP contribution is 2.30. The fourth-order valence-electron chi connectivity index (χ4n) is 3.28. The second kappa shape index (κ2) is 8.34. The zero-order chi connectivity index (χ0) is 16.2. The van der Waals surface area contributed by atoms with Gasteiger partial charge in [-0.3, -0.25) is 4.98 Å². The number of pyridine rings is 1. The summed E-state index contributed by atoms with van der Waals surface area (Å²) < 4.78 is 5.22. The van der Waals surface area contributed by atoms with E-state index in [1.807, 2.05) is 19.1 Å². The largest absolute Gasteiger partial charge is 1.00 e. The van der Waals surface area contributed by atoms with Gasteiger partial charge in [0.15, 0.2) is 0 Å². The quantitative estimate of drug-likeness (QED) is 0.851. The van der Waals surface area contributed by atoms with Crippen molar-refractivity contribution in [1.29, 1.82) is 0 Å². The number of rotatable bonds is 4. The number of aromatic nitrogens is 1. The van der Waals surface area contributed by atoms with Crippen molar-refractivity contribution in [2.75, 3.05) is 11.9 Å². The molecule has 1 saturated carbocycles. The molecule has 5 heteroatoms. The molecule has 24 heavy (non-hydrogen) atoms. The predicted octanol–water partition coefficient (Wildman–Crippen LogP) is 1.47. The molecular formula is C19H24ClN2O2-. The highest BCUT2D eigenvalue weighted by molar-refractivity contribution is 6.05. The lowest BCUT2D eigenvalue weighted by molar-refractivity contribution is -0.0000231. The molecule has 0 aliphatic heterocycles. The minimum Gasteiger partial charge on any atom is -1.00 e. The zero-order valence-electron chi connectivity index (χ0n) is 14.3. The molecule has 3 rings (SSSR count). The molecule has 0 radical (unpaired) electrons. The maximum atomic E-state index is 12.3. The maximum Gasteiger partial charge on any atom is 0.341 e. The van der Waals surface area contributed by atoms with Crippen LogP contribution in [-0.4, -0.2) is 23.6 Å². The number of halogens is 1. The minimum absolute atomic E-state index is 0. The topological polar surface area (TPSA) is 51.2 Å². The summed E-state index contributed by atoms with van der Waals surface area (Å²) in [6.45, 7) is 4.25. The summed E-state index contributed by atoms with van der Waals surface area (Å²) in [6.07, 6.45) is 7.73. The summed E-state index contributed by atoms with van der Waals surface area (Å²) in [7, 11) is 0. The van der Waals surface area contributed by atoms with E-state index in [9.17, 15) is 4.79 Å². The molecule has 1 heterocycles. The number of carbonyl (C=O) groups excluding carboxylic acids is 1. The van der Waals surface area contributed by atoms with Gasteiger partial charge in [0.25, 0.3) is 0 Å². The van der Waals surface area contributed by atoms with Crippen LogP contribution >= 0.6 is 0 Å². The number of fused-ring (bicyclic) bond motifs is 1. The summed E-state index contributed by atoms with van der Waals surface area (Å²) in [5, 5.41) is 4.62. The first-order valence-corrected chi connectivity index (χ1v) is 8.52. The van der Waals surface area contributed by atoms with Crippen LogP contribution in [0.25, 0.3) is 10.9 Å². The van der Waals surface area contributed by atoms with Gasteiger partial charge in [-0.2, -0.15) is 0 Å². The first-order valence-electron chi connectivity index (χ1n) is 8.52. The third-order valence-electron chi connectivity index (χ3n) is 4.47. The number of ether oxygens (including phenoxy) is 1. The van der Waals surface area contributed by atoms with Crippen molar-refractivity contribution in [1.82, 2.24) is 4.98 Å². The van der Waals surface area contributed by atoms with E-state index in [4.69, 9.17) is 4.74 Å². The molecule has 130 valence electrons. The van der Waals surface area contributed by atoms with E-state index >= 15 is 0 Å². The number of anilines is 1. The number of nitrogens with zero attached hydrogens (tertiary/aromatic N) is 1. The highest BCUT2D eigenvalue weighted by Gasteiger charge is 2.20. The number of esters is 1. The van der Waals surface area contributed by atoms with Gasteiger partial charge in [0.2, 0.25) is 0 Å². The molecule has 4 nitrogen and oxygen atoms in total. The van der Waals surface area contributed by atoms with Crippen LogP contribution in [0.3, 0.4) is 0 Å². The smallest absolute Gasteiger partial charge is 0.341 e. The number of hydrogen-bond acceptors (Lipinski definition) is 4. The van der Waals surface area contributed by atoms with E-state index in [1.165, 1.54) is 19.3 Å². The van der Waals surface area contributed by atoms with E-state index in [-0.39, 0.29) is 18.4 Å². The third-order valence-corrected chi connectivity index (χ3v) is 4.47. The number of carbonyl (C=O) groups is 1. The minimum atomic E-state index is -0.304. The van der Waals surface area contributed by atoms with Gasteiger partial charge in [0, 0.05) is 17.6 Å². The van der Waals surface area contributed by atoms with Crippen LogP contribution in [0.4, 0.5) is 5.69 Å². The van der Waals surface area contributed by atoms with Gasteiger partial charge in [-0.1, -0.05) is 30.9 Å². The number of hydrogen-bond donors (Lipinski definition) is 1. The molecule has 0 saturated heterocycles. The summed E-state index contributed by atoms with van der Waals surface area (Å²) >= 11 is 0. The van der Waals surface area contributed by atoms with Crippen LogP contribution in [0.15, 0.2) is 24.4 Å². The lowest BCUT2D eigenvalue weighted by Gasteiger charge is -2.25. The van der Waals surface area contributed by atoms with Crippen LogP contribution < -0.4 is 17.7 Å². The van der Waals surface area contributed by atoms with Gasteiger partial charge >= 0.3 is 5.97 Å². The van der Waals surface area contributed by atoms with Crippen LogP contribution in [0, 0.1) is 6.92 Å². The molecule has 0 atom stereocenters. The fraction of sp³-hybridized carbons (Fsp3) is 0.474. The van der Waals surface area contributed by atoms with Gasteiger partial charge in [-0.05, 0) is 38.8 Å². The Balaban J connectivity index is 0.00000208. The van der Waals surface area contributed by atoms with Crippen molar-refractivity contribution in [2.24, 2.45) is 0 Å². The van der Waals surface area contributed by atoms with E-state index in [2.05, 4.69) is 23.3 Å². The Morgan fingerprint density at radius 2 is 2.04 bits per heavy atom. The third kappa shape index (κ3) is 3.99. The SMILES string of the molecule is CCOC(=O)c1cnc2ccc(C)cc2c1NC1CCCCC1.[Cl-]. The van der Waals surface area contributed by atoms with Crippen molar-refractivity contribution in [3.05, 3.63) is 35.5 Å². The highest BCUT2D eigenvalue weighted by atomic mass is 35.5. The zero-order valence-corrected chi connectivity index (χ0v) is 15.0. The molecule has 0 spiro atoms. The molecule has 1 fully saturated rings. The van der Waals surface area contributed by atoms with Gasteiger partial charge in [0.1, 0.15) is 5.56 Å². The molecular weight excluding hydrogens is 324 g/mol. The van der Waals surface area contributed by atoms with Crippen molar-refractivity contribution >= 4 is 22.6 Å². The lowest BCUT2D eigenvalue weighted by atomic mass is 9.94. The average molecular weight is 348 g/mol. The van der Waals surface area contributed by atoms with E-state index in [1.54, 1.807) is 6.20 Å². The van der Waals surface area contributed by atoms with Crippen molar-refractivity contribution in [2.45, 2.75) is 52.0 Å². The molecule has 1 aromatic heterocycles. The maximum absolute atomic E-state index is 12.3. The second-order valence-electron chi connectivity index (χ2n) is 6.27. The number of benzene rings is 1. The number of aryl methyl sites for hydroxylation is 1. The van der Waals surface area contributed by atoms with Crippen LogP contribution in [0.2, 0.25) is 0 Å². The van der Waals surface area contributed by atoms with Crippen LogP contribution in [0.1, 0.15) is 54.9 Å². The Labute approximate surface area is 149 Å². The first-order chi connectivity index (χ1) is 11.2. The van der Waals surface area contributed by atoms with Gasteiger partial charge in [-0.15, -0.1) is 0 Å². The Kier molecular flexibility index (Phi) is 6.44. The van der Waals surface area contributed by atoms with Crippen molar-refractivity contribution in [3.63, 3.8) is 0 Å². The number of nitrogens with one attached hydrogen (secondary N) is 1. The molecule has 0 amide bonds. The Morgan fingerprint density at radius 1 is 1.29 bits per heavy atom. The summed E-state index contributed by atoms with van der Waals surface area (Å²) in [4.78, 5) is 16.8. The monoisotopic (exact) mass is 347 g/mol. The molecule has 0 unspecified atom stereocenters. The van der Waals surface area contributed by atoms with E-state index in [0.29, 0.717) is 18.2 Å². The summed E-state index contributed by atoms with van der Waals surface area (Å²) in [6, 6.07) is 6.56. The first kappa shape index (κ1) is 18.5. The predicted molar refractivity (Wildman–Crippen MR) is 92.9 cm³/mol. The average Bonchev–Trinajstić information content (AvgIpc) is 2.56. The van der Waals surface area contributed by atoms with E-state index < -0.39 is 0 Å². The fourth-order valence-corrected chi connectivity index (χ4v) is 3.28. The van der Waals surface area contributed by atoms with Crippen LogP contribution in [-0.2, 0) is 4.74 Å². The van der Waals surface area contributed by atoms with E-state index in [0.717, 1.165) is 35.0 Å². The van der Waals surface area contributed by atoms with Gasteiger partial charge < -0.3 is 22.5 Å². The summed E-state index contributed by atoms with van der Waals surface area (Å²) in [5.41, 5.74) is 3.48. The standard InChI is InChI=1S/C19H24N2O2.ClH/c1-3-23-19(22)16-12-20-17-10-9-13(2)11-15(17)18(16)21-14-7-5-4-6-8-14;/h9-12,14H,3-8H2,1-2H3,(H,20,21);1H/p-1. The lowest BCUT2D eigenvalue weighted by Crippen LogP contribution is -3.00. The Bertz CT molecular complexity index is 712. The van der Waals surface area contributed by atoms with Gasteiger partial charge in [-0.25, -0.2) is 4.79 Å². The van der Waals surface area contributed by atoms with Crippen LogP contribution in [0.5, 0.6) is 0 Å². The molecule has 2 aromatic rings. The second-order valence-corrected chi connectivity index (χ2v) is 6.27. The Morgan fingerprint density at radius 3 is 2.75 bits per heavy atom. The molecule has 1 N–H and O–H groups in total. The molecule has 1 aromatic carbocycles. The normalized spacial score (nSPS) is 14.9. The van der Waals surface area contributed by atoms with Gasteiger partial charge in [0.05, 0.1) is 17.8 Å². The summed E-state index contributed by atoms with van der Waals surface area (Å²) in [5.74, 6) is -0.304. The van der Waals surface area contributed by atoms with Crippen molar-refractivity contribution < 1.29 is 21.9 Å². The van der Waals surface area contributed by atoms with Crippen molar-refractivity contribution in [3.8, 4) is 0 Å². The Hall–Kier alpha value is -1.81. The molecule has 0 bridgehead atoms.